The minimum atomic E-state index is -0.477. The van der Waals surface area contributed by atoms with E-state index in [4.69, 9.17) is 5.73 Å². The maximum absolute atomic E-state index is 11.5. The minimum absolute atomic E-state index is 0.140. The third-order valence-corrected chi connectivity index (χ3v) is 2.40. The summed E-state index contributed by atoms with van der Waals surface area (Å²) in [5.41, 5.74) is 8.63. The van der Waals surface area contributed by atoms with E-state index in [1.165, 1.54) is 0 Å². The third kappa shape index (κ3) is 2.80. The fraction of sp³-hybridized carbons (Fsp3) is 0.417. The number of anilines is 1. The maximum Gasteiger partial charge on any atom is 0.241 e. The van der Waals surface area contributed by atoms with Gasteiger partial charge in [-0.1, -0.05) is 25.1 Å². The van der Waals surface area contributed by atoms with E-state index in [9.17, 15) is 4.79 Å². The molecule has 0 saturated carbocycles. The van der Waals surface area contributed by atoms with Gasteiger partial charge in [0.15, 0.2) is 0 Å². The van der Waals surface area contributed by atoms with Gasteiger partial charge in [-0.15, -0.1) is 0 Å². The number of para-hydroxylation sites is 1. The van der Waals surface area contributed by atoms with Gasteiger partial charge in [0, 0.05) is 5.69 Å². The Hall–Kier alpha value is -1.35. The molecule has 1 amide bonds. The van der Waals surface area contributed by atoms with Gasteiger partial charge in [-0.05, 0) is 31.4 Å². The van der Waals surface area contributed by atoms with Crippen LogP contribution in [0.2, 0.25) is 0 Å². The first-order valence-electron chi connectivity index (χ1n) is 5.21. The molecule has 0 bridgehead atoms. The Morgan fingerprint density at radius 2 is 2.20 bits per heavy atom. The molecule has 0 aliphatic rings. The molecule has 0 aromatic heterocycles. The lowest BCUT2D eigenvalue weighted by Gasteiger charge is -2.14. The molecule has 3 heteroatoms. The van der Waals surface area contributed by atoms with Gasteiger partial charge in [0.2, 0.25) is 5.91 Å². The Labute approximate surface area is 90.7 Å². The zero-order valence-corrected chi connectivity index (χ0v) is 9.50. The van der Waals surface area contributed by atoms with Crippen molar-refractivity contribution in [3.05, 3.63) is 29.3 Å². The fourth-order valence-electron chi connectivity index (χ4n) is 1.44. The average Bonchev–Trinajstić information content (AvgIpc) is 2.20. The number of nitrogens with one attached hydrogen (secondary N) is 1. The number of hydrogen-bond acceptors (Lipinski definition) is 2. The smallest absolute Gasteiger partial charge is 0.241 e. The van der Waals surface area contributed by atoms with Crippen LogP contribution in [-0.2, 0) is 11.2 Å². The van der Waals surface area contributed by atoms with Gasteiger partial charge in [-0.2, -0.15) is 0 Å². The molecule has 1 atom stereocenters. The van der Waals surface area contributed by atoms with E-state index in [0.717, 1.165) is 23.2 Å². The van der Waals surface area contributed by atoms with Gasteiger partial charge in [-0.25, -0.2) is 0 Å². The van der Waals surface area contributed by atoms with Crippen LogP contribution in [0.25, 0.3) is 0 Å². The van der Waals surface area contributed by atoms with Crippen molar-refractivity contribution in [2.45, 2.75) is 33.2 Å². The largest absolute Gasteiger partial charge is 0.324 e. The topological polar surface area (TPSA) is 55.1 Å². The second-order valence-corrected chi connectivity index (χ2v) is 3.74. The first-order chi connectivity index (χ1) is 7.06. The number of nitrogens with two attached hydrogens (primary N) is 1. The predicted molar refractivity (Wildman–Crippen MR) is 62.8 cm³/mol. The lowest BCUT2D eigenvalue weighted by atomic mass is 10.1. The Bertz CT molecular complexity index is 359. The Balaban J connectivity index is 2.97. The van der Waals surface area contributed by atoms with E-state index in [1.54, 1.807) is 6.92 Å². The van der Waals surface area contributed by atoms with Crippen molar-refractivity contribution in [1.29, 1.82) is 0 Å². The summed E-state index contributed by atoms with van der Waals surface area (Å²) in [7, 11) is 0. The Morgan fingerprint density at radius 1 is 1.53 bits per heavy atom. The first-order valence-corrected chi connectivity index (χ1v) is 5.21. The highest BCUT2D eigenvalue weighted by Gasteiger charge is 2.11. The van der Waals surface area contributed by atoms with Crippen molar-refractivity contribution in [3.8, 4) is 0 Å². The molecule has 0 fully saturated rings. The van der Waals surface area contributed by atoms with Crippen LogP contribution in [-0.4, -0.2) is 11.9 Å². The molecule has 0 spiro atoms. The number of rotatable bonds is 3. The highest BCUT2D eigenvalue weighted by molar-refractivity contribution is 5.95. The molecule has 0 aliphatic heterocycles. The SMILES string of the molecule is CCc1cccc(C)c1NC(=O)[C@@H](C)N. The molecule has 0 radical (unpaired) electrons. The minimum Gasteiger partial charge on any atom is -0.324 e. The summed E-state index contributed by atoms with van der Waals surface area (Å²) in [6.45, 7) is 5.73. The van der Waals surface area contributed by atoms with Crippen LogP contribution in [0.4, 0.5) is 5.69 Å². The summed E-state index contributed by atoms with van der Waals surface area (Å²) in [6.07, 6.45) is 0.899. The average molecular weight is 206 g/mol. The number of carbonyl (C=O) groups is 1. The zero-order valence-electron chi connectivity index (χ0n) is 9.50. The van der Waals surface area contributed by atoms with Gasteiger partial charge in [0.25, 0.3) is 0 Å². The molecule has 3 N–H and O–H groups in total. The van der Waals surface area contributed by atoms with E-state index >= 15 is 0 Å². The molecular formula is C12H18N2O. The summed E-state index contributed by atoms with van der Waals surface area (Å²) < 4.78 is 0. The summed E-state index contributed by atoms with van der Waals surface area (Å²) in [5, 5.41) is 2.87. The van der Waals surface area contributed by atoms with Crippen LogP contribution in [0.15, 0.2) is 18.2 Å². The Morgan fingerprint density at radius 3 is 2.73 bits per heavy atom. The van der Waals surface area contributed by atoms with E-state index in [-0.39, 0.29) is 5.91 Å². The van der Waals surface area contributed by atoms with Crippen molar-refractivity contribution < 1.29 is 4.79 Å². The molecule has 15 heavy (non-hydrogen) atoms. The van der Waals surface area contributed by atoms with Crippen LogP contribution < -0.4 is 11.1 Å². The fourth-order valence-corrected chi connectivity index (χ4v) is 1.44. The standard InChI is InChI=1S/C12H18N2O/c1-4-10-7-5-6-8(2)11(10)14-12(15)9(3)13/h5-7,9H,4,13H2,1-3H3,(H,14,15)/t9-/m1/s1. The van der Waals surface area contributed by atoms with Gasteiger partial charge < -0.3 is 11.1 Å². The maximum atomic E-state index is 11.5. The number of carbonyl (C=O) groups excluding carboxylic acids is 1. The number of aryl methyl sites for hydroxylation is 2. The first kappa shape index (κ1) is 11.7. The normalized spacial score (nSPS) is 12.3. The van der Waals surface area contributed by atoms with Crippen molar-refractivity contribution >= 4 is 11.6 Å². The van der Waals surface area contributed by atoms with Gasteiger partial charge in [-0.3, -0.25) is 4.79 Å². The summed E-state index contributed by atoms with van der Waals surface area (Å²) in [6, 6.07) is 5.52. The van der Waals surface area contributed by atoms with Gasteiger partial charge in [0.05, 0.1) is 6.04 Å². The molecule has 82 valence electrons. The van der Waals surface area contributed by atoms with Crippen molar-refractivity contribution in [3.63, 3.8) is 0 Å². The summed E-state index contributed by atoms with van der Waals surface area (Å²) in [5.74, 6) is -0.140. The van der Waals surface area contributed by atoms with Crippen LogP contribution in [0.1, 0.15) is 25.0 Å². The lowest BCUT2D eigenvalue weighted by Crippen LogP contribution is -2.33. The molecule has 0 saturated heterocycles. The van der Waals surface area contributed by atoms with Gasteiger partial charge in [0.1, 0.15) is 0 Å². The monoisotopic (exact) mass is 206 g/mol. The molecule has 0 unspecified atom stereocenters. The highest BCUT2D eigenvalue weighted by Crippen LogP contribution is 2.20. The summed E-state index contributed by atoms with van der Waals surface area (Å²) >= 11 is 0. The van der Waals surface area contributed by atoms with Crippen LogP contribution in [0.5, 0.6) is 0 Å². The molecular weight excluding hydrogens is 188 g/mol. The Kier molecular flexibility index (Phi) is 3.86. The van der Waals surface area contributed by atoms with E-state index in [2.05, 4.69) is 12.2 Å². The zero-order chi connectivity index (χ0) is 11.4. The van der Waals surface area contributed by atoms with Crippen LogP contribution in [0.3, 0.4) is 0 Å². The molecule has 0 aliphatic carbocycles. The number of amides is 1. The second kappa shape index (κ2) is 4.94. The molecule has 1 aromatic rings. The molecule has 0 heterocycles. The summed E-state index contributed by atoms with van der Waals surface area (Å²) in [4.78, 5) is 11.5. The molecule has 1 rings (SSSR count). The second-order valence-electron chi connectivity index (χ2n) is 3.74. The van der Waals surface area contributed by atoms with E-state index in [1.807, 2.05) is 25.1 Å². The predicted octanol–water partition coefficient (Wildman–Crippen LogP) is 1.84. The van der Waals surface area contributed by atoms with Gasteiger partial charge >= 0.3 is 0 Å². The highest BCUT2D eigenvalue weighted by atomic mass is 16.2. The van der Waals surface area contributed by atoms with Crippen LogP contribution >= 0.6 is 0 Å². The van der Waals surface area contributed by atoms with E-state index in [0.29, 0.717) is 0 Å². The lowest BCUT2D eigenvalue weighted by molar-refractivity contribution is -0.117. The quantitative estimate of drug-likeness (QED) is 0.793. The number of hydrogen-bond donors (Lipinski definition) is 2. The van der Waals surface area contributed by atoms with E-state index < -0.39 is 6.04 Å². The molecule has 3 nitrogen and oxygen atoms in total. The van der Waals surface area contributed by atoms with Crippen molar-refractivity contribution in [2.75, 3.05) is 5.32 Å². The number of benzene rings is 1. The molecule has 1 aromatic carbocycles. The van der Waals surface area contributed by atoms with Crippen molar-refractivity contribution in [2.24, 2.45) is 5.73 Å². The van der Waals surface area contributed by atoms with Crippen molar-refractivity contribution in [1.82, 2.24) is 0 Å². The third-order valence-electron chi connectivity index (χ3n) is 2.40. The van der Waals surface area contributed by atoms with Crippen LogP contribution in [0, 0.1) is 6.92 Å².